The smallest absolute Gasteiger partial charge is 0.157 e. The summed E-state index contributed by atoms with van der Waals surface area (Å²) in [5.74, 6) is -0.287. The Balaban J connectivity index is 2.18. The lowest BCUT2D eigenvalue weighted by Crippen LogP contribution is -1.88. The molecule has 0 saturated carbocycles. The van der Waals surface area contributed by atoms with Crippen molar-refractivity contribution in [3.63, 3.8) is 0 Å². The summed E-state index contributed by atoms with van der Waals surface area (Å²) in [5.41, 5.74) is 2.02. The van der Waals surface area contributed by atoms with E-state index in [4.69, 9.17) is 11.6 Å². The van der Waals surface area contributed by atoms with Crippen molar-refractivity contribution in [3.05, 3.63) is 53.6 Å². The summed E-state index contributed by atoms with van der Waals surface area (Å²) in [6.45, 7) is 0. The average molecular weight is 248 g/mol. The Bertz CT molecular complexity index is 693. The molecule has 3 rings (SSSR count). The Morgan fingerprint density at radius 2 is 2.06 bits per heavy atom. The van der Waals surface area contributed by atoms with Gasteiger partial charge in [-0.2, -0.15) is 5.10 Å². The van der Waals surface area contributed by atoms with Gasteiger partial charge in [0.15, 0.2) is 5.65 Å². The van der Waals surface area contributed by atoms with E-state index >= 15 is 0 Å². The summed E-state index contributed by atoms with van der Waals surface area (Å²) in [5, 5.41) is 4.70. The topological polar surface area (TPSA) is 30.2 Å². The van der Waals surface area contributed by atoms with Crippen LogP contribution in [0.5, 0.6) is 0 Å². The van der Waals surface area contributed by atoms with E-state index in [2.05, 4.69) is 10.1 Å². The highest BCUT2D eigenvalue weighted by Crippen LogP contribution is 2.20. The molecule has 0 N–H and O–H groups in total. The zero-order valence-electron chi connectivity index (χ0n) is 8.64. The quantitative estimate of drug-likeness (QED) is 0.618. The SMILES string of the molecule is Fc1cccc(-c2cc3nc(Cl)ccn3n2)c1. The van der Waals surface area contributed by atoms with Crippen LogP contribution in [0.2, 0.25) is 5.15 Å². The maximum Gasteiger partial charge on any atom is 0.157 e. The number of halogens is 2. The molecule has 3 nitrogen and oxygen atoms in total. The maximum absolute atomic E-state index is 13.1. The third-order valence-corrected chi connectivity index (χ3v) is 2.62. The predicted molar refractivity (Wildman–Crippen MR) is 63.4 cm³/mol. The van der Waals surface area contributed by atoms with E-state index in [1.54, 1.807) is 35.0 Å². The minimum Gasteiger partial charge on any atom is -0.222 e. The van der Waals surface area contributed by atoms with Gasteiger partial charge < -0.3 is 0 Å². The number of fused-ring (bicyclic) bond motifs is 1. The molecular weight excluding hydrogens is 241 g/mol. The fourth-order valence-corrected chi connectivity index (χ4v) is 1.79. The molecule has 17 heavy (non-hydrogen) atoms. The van der Waals surface area contributed by atoms with Gasteiger partial charge in [-0.05, 0) is 18.2 Å². The summed E-state index contributed by atoms with van der Waals surface area (Å²) in [6.07, 6.45) is 1.72. The second-order valence-corrected chi connectivity index (χ2v) is 3.98. The van der Waals surface area contributed by atoms with Gasteiger partial charge >= 0.3 is 0 Å². The van der Waals surface area contributed by atoms with Crippen LogP contribution >= 0.6 is 11.6 Å². The summed E-state index contributed by atoms with van der Waals surface area (Å²) in [4.78, 5) is 4.12. The van der Waals surface area contributed by atoms with Gasteiger partial charge in [0, 0.05) is 17.8 Å². The highest BCUT2D eigenvalue weighted by atomic mass is 35.5. The normalized spacial score (nSPS) is 10.9. The van der Waals surface area contributed by atoms with Crippen molar-refractivity contribution in [2.75, 3.05) is 0 Å². The van der Waals surface area contributed by atoms with E-state index in [1.807, 2.05) is 0 Å². The average Bonchev–Trinajstić information content (AvgIpc) is 2.72. The molecule has 0 aliphatic carbocycles. The van der Waals surface area contributed by atoms with Crippen molar-refractivity contribution < 1.29 is 4.39 Å². The van der Waals surface area contributed by atoms with Crippen molar-refractivity contribution in [1.29, 1.82) is 0 Å². The monoisotopic (exact) mass is 247 g/mol. The third-order valence-electron chi connectivity index (χ3n) is 2.41. The zero-order valence-corrected chi connectivity index (χ0v) is 9.39. The van der Waals surface area contributed by atoms with Crippen LogP contribution in [0.25, 0.3) is 16.9 Å². The maximum atomic E-state index is 13.1. The van der Waals surface area contributed by atoms with Crippen LogP contribution in [0.15, 0.2) is 42.6 Å². The van der Waals surface area contributed by atoms with Gasteiger partial charge in [0.25, 0.3) is 0 Å². The van der Waals surface area contributed by atoms with Gasteiger partial charge in [0.2, 0.25) is 0 Å². The van der Waals surface area contributed by atoms with Gasteiger partial charge in [-0.15, -0.1) is 0 Å². The number of benzene rings is 1. The Morgan fingerprint density at radius 3 is 2.88 bits per heavy atom. The fraction of sp³-hybridized carbons (Fsp3) is 0. The number of hydrogen-bond acceptors (Lipinski definition) is 2. The van der Waals surface area contributed by atoms with Crippen LogP contribution in [0.4, 0.5) is 4.39 Å². The molecule has 0 aliphatic rings. The molecule has 0 atom stereocenters. The number of nitrogens with zero attached hydrogens (tertiary/aromatic N) is 3. The largest absolute Gasteiger partial charge is 0.222 e. The molecule has 0 unspecified atom stereocenters. The third kappa shape index (κ3) is 1.87. The molecule has 2 aromatic heterocycles. The van der Waals surface area contributed by atoms with E-state index in [-0.39, 0.29) is 5.82 Å². The summed E-state index contributed by atoms with van der Waals surface area (Å²) >= 11 is 5.79. The second-order valence-electron chi connectivity index (χ2n) is 3.59. The van der Waals surface area contributed by atoms with Gasteiger partial charge in [0.05, 0.1) is 5.69 Å². The summed E-state index contributed by atoms with van der Waals surface area (Å²) in [7, 11) is 0. The molecule has 2 heterocycles. The van der Waals surface area contributed by atoms with E-state index < -0.39 is 0 Å². The van der Waals surface area contributed by atoms with Crippen LogP contribution in [-0.4, -0.2) is 14.6 Å². The summed E-state index contributed by atoms with van der Waals surface area (Å²) in [6, 6.07) is 9.69. The predicted octanol–water partition coefficient (Wildman–Crippen LogP) is 3.19. The van der Waals surface area contributed by atoms with E-state index in [0.29, 0.717) is 22.1 Å². The Labute approximate surface area is 101 Å². The minimum atomic E-state index is -0.287. The van der Waals surface area contributed by atoms with E-state index in [9.17, 15) is 4.39 Å². The molecule has 1 aromatic carbocycles. The molecule has 0 saturated heterocycles. The van der Waals surface area contributed by atoms with Crippen molar-refractivity contribution >= 4 is 17.2 Å². The van der Waals surface area contributed by atoms with Crippen molar-refractivity contribution in [2.24, 2.45) is 0 Å². The molecule has 0 bridgehead atoms. The first kappa shape index (κ1) is 10.2. The molecular formula is C12H7ClFN3. The Kier molecular flexibility index (Phi) is 2.30. The molecule has 3 aromatic rings. The number of rotatable bonds is 1. The van der Waals surface area contributed by atoms with Crippen LogP contribution in [0.3, 0.4) is 0 Å². The van der Waals surface area contributed by atoms with Gasteiger partial charge in [-0.3, -0.25) is 0 Å². The summed E-state index contributed by atoms with van der Waals surface area (Å²) < 4.78 is 14.7. The molecule has 0 fully saturated rings. The van der Waals surface area contributed by atoms with Crippen LogP contribution < -0.4 is 0 Å². The molecule has 0 amide bonds. The fourth-order valence-electron chi connectivity index (χ4n) is 1.65. The second kappa shape index (κ2) is 3.82. The molecule has 0 aliphatic heterocycles. The molecule has 0 radical (unpaired) electrons. The first-order valence-corrected chi connectivity index (χ1v) is 5.38. The first-order chi connectivity index (χ1) is 8.22. The Morgan fingerprint density at radius 1 is 1.18 bits per heavy atom. The van der Waals surface area contributed by atoms with E-state index in [1.165, 1.54) is 12.1 Å². The highest BCUT2D eigenvalue weighted by Gasteiger charge is 2.06. The van der Waals surface area contributed by atoms with Crippen molar-refractivity contribution in [1.82, 2.24) is 14.6 Å². The van der Waals surface area contributed by atoms with Crippen LogP contribution in [0, 0.1) is 5.82 Å². The van der Waals surface area contributed by atoms with Gasteiger partial charge in [-0.1, -0.05) is 23.7 Å². The zero-order chi connectivity index (χ0) is 11.8. The lowest BCUT2D eigenvalue weighted by Gasteiger charge is -1.94. The van der Waals surface area contributed by atoms with Gasteiger partial charge in [0.1, 0.15) is 11.0 Å². The molecule has 5 heteroatoms. The lowest BCUT2D eigenvalue weighted by atomic mass is 10.1. The van der Waals surface area contributed by atoms with Crippen molar-refractivity contribution in [2.45, 2.75) is 0 Å². The molecule has 84 valence electrons. The van der Waals surface area contributed by atoms with E-state index in [0.717, 1.165) is 0 Å². The molecule has 0 spiro atoms. The minimum absolute atomic E-state index is 0.287. The first-order valence-electron chi connectivity index (χ1n) is 5.00. The number of aromatic nitrogens is 3. The number of hydrogen-bond donors (Lipinski definition) is 0. The van der Waals surface area contributed by atoms with Crippen molar-refractivity contribution in [3.8, 4) is 11.3 Å². The standard InChI is InChI=1S/C12H7ClFN3/c13-11-4-5-17-12(15-11)7-10(16-17)8-2-1-3-9(14)6-8/h1-7H. The van der Waals surface area contributed by atoms with Crippen LogP contribution in [0.1, 0.15) is 0 Å². The van der Waals surface area contributed by atoms with Gasteiger partial charge in [-0.25, -0.2) is 13.9 Å². The lowest BCUT2D eigenvalue weighted by molar-refractivity contribution is 0.628. The van der Waals surface area contributed by atoms with Crippen LogP contribution in [-0.2, 0) is 0 Å². The Hall–Kier alpha value is -1.94. The highest BCUT2D eigenvalue weighted by molar-refractivity contribution is 6.29.